The second-order valence-corrected chi connectivity index (χ2v) is 10.7. The third-order valence-electron chi connectivity index (χ3n) is 7.65. The molecule has 0 radical (unpaired) electrons. The van der Waals surface area contributed by atoms with Crippen LogP contribution in [0.2, 0.25) is 0 Å². The maximum Gasteiger partial charge on any atom is 0.162 e. The second-order valence-electron chi connectivity index (χ2n) is 10.7. The second kappa shape index (κ2) is 10.8. The predicted octanol–water partition coefficient (Wildman–Crippen LogP) is 4.41. The van der Waals surface area contributed by atoms with E-state index in [9.17, 15) is 0 Å². The number of pyridine rings is 2. The molecule has 0 amide bonds. The zero-order valence-corrected chi connectivity index (χ0v) is 22.1. The molecule has 3 aromatic rings. The quantitative estimate of drug-likeness (QED) is 0.447. The number of nitrogens with zero attached hydrogens (tertiary/aromatic N) is 4. The number of allylic oxidation sites excluding steroid dienone is 1. The van der Waals surface area contributed by atoms with Crippen molar-refractivity contribution in [2.45, 2.75) is 52.5 Å². The lowest BCUT2D eigenvalue weighted by atomic mass is 9.78. The van der Waals surface area contributed by atoms with Gasteiger partial charge in [0.05, 0.1) is 5.35 Å². The fourth-order valence-electron chi connectivity index (χ4n) is 5.21. The Morgan fingerprint density at radius 2 is 1.92 bits per heavy atom. The van der Waals surface area contributed by atoms with Crippen molar-refractivity contribution in [3.05, 3.63) is 65.9 Å². The summed E-state index contributed by atoms with van der Waals surface area (Å²) in [5.41, 5.74) is 2.25. The normalized spacial score (nSPS) is 20.6. The largest absolute Gasteiger partial charge is 0.366 e. The highest BCUT2D eigenvalue weighted by atomic mass is 15.1. The molecule has 3 N–H and O–H groups in total. The fourth-order valence-corrected chi connectivity index (χ4v) is 5.21. The Bertz CT molecular complexity index is 1380. The average Bonchev–Trinajstić information content (AvgIpc) is 2.88. The van der Waals surface area contributed by atoms with Crippen molar-refractivity contribution in [2.75, 3.05) is 23.7 Å². The van der Waals surface area contributed by atoms with E-state index in [0.717, 1.165) is 47.3 Å². The van der Waals surface area contributed by atoms with Gasteiger partial charge in [0.2, 0.25) is 0 Å². The molecule has 7 heteroatoms. The van der Waals surface area contributed by atoms with E-state index in [4.69, 9.17) is 9.97 Å². The van der Waals surface area contributed by atoms with Crippen LogP contribution < -0.4 is 26.5 Å². The Morgan fingerprint density at radius 1 is 1.08 bits per heavy atom. The van der Waals surface area contributed by atoms with Crippen LogP contribution in [0.3, 0.4) is 0 Å². The Balaban J connectivity index is 1.63. The standard InChI is InChI=1S/C30H37N7/c1-5-22(20-10-9-11-20)27-23(6-2)34-28(37-29(27)35-24-14-16-31-19-30(24,3)4)21-13-17-33-26(18-21)36-25-12-7-8-15-32-25/h5-8,12-13,15,17-18,20,24,31H,1,9-11,14,16,19H2,2-4H3,(H,32,33,36)(H,34,35,37)/b23-6+,27-22-/t24-/m0/s1. The predicted molar refractivity (Wildman–Crippen MR) is 152 cm³/mol. The third-order valence-corrected chi connectivity index (χ3v) is 7.65. The van der Waals surface area contributed by atoms with Gasteiger partial charge in [-0.15, -0.1) is 0 Å². The van der Waals surface area contributed by atoms with Crippen LogP contribution in [-0.2, 0) is 0 Å². The molecule has 2 fully saturated rings. The summed E-state index contributed by atoms with van der Waals surface area (Å²) in [6.45, 7) is 12.8. The molecule has 0 aromatic carbocycles. The van der Waals surface area contributed by atoms with Crippen LogP contribution in [0.5, 0.6) is 0 Å². The first kappa shape index (κ1) is 25.1. The van der Waals surface area contributed by atoms with Crippen LogP contribution in [0, 0.1) is 11.3 Å². The molecule has 1 atom stereocenters. The van der Waals surface area contributed by atoms with Gasteiger partial charge >= 0.3 is 0 Å². The molecule has 2 aliphatic rings. The van der Waals surface area contributed by atoms with E-state index in [0.29, 0.717) is 23.6 Å². The van der Waals surface area contributed by atoms with Gasteiger partial charge in [-0.2, -0.15) is 0 Å². The summed E-state index contributed by atoms with van der Waals surface area (Å²) < 4.78 is 0. The molecule has 37 heavy (non-hydrogen) atoms. The number of nitrogens with one attached hydrogen (secondary N) is 3. The molecular formula is C30H37N7. The van der Waals surface area contributed by atoms with Gasteiger partial charge in [0.1, 0.15) is 17.5 Å². The summed E-state index contributed by atoms with van der Waals surface area (Å²) in [5.74, 6) is 3.53. The Hall–Kier alpha value is -3.58. The van der Waals surface area contributed by atoms with Crippen molar-refractivity contribution < 1.29 is 0 Å². The summed E-state index contributed by atoms with van der Waals surface area (Å²) in [6, 6.07) is 9.99. The van der Waals surface area contributed by atoms with Gasteiger partial charge in [-0.05, 0) is 73.9 Å². The van der Waals surface area contributed by atoms with Crippen molar-refractivity contribution in [1.82, 2.24) is 25.3 Å². The van der Waals surface area contributed by atoms with Gasteiger partial charge in [0, 0.05) is 35.8 Å². The number of hydrogen-bond donors (Lipinski definition) is 3. The molecule has 1 saturated carbocycles. The van der Waals surface area contributed by atoms with Crippen molar-refractivity contribution in [3.8, 4) is 11.4 Å². The van der Waals surface area contributed by atoms with Crippen molar-refractivity contribution in [2.24, 2.45) is 11.3 Å². The highest BCUT2D eigenvalue weighted by molar-refractivity contribution is 5.68. The van der Waals surface area contributed by atoms with Crippen LogP contribution in [0.25, 0.3) is 23.0 Å². The lowest BCUT2D eigenvalue weighted by Crippen LogP contribution is -2.51. The smallest absolute Gasteiger partial charge is 0.162 e. The highest BCUT2D eigenvalue weighted by Gasteiger charge is 2.33. The van der Waals surface area contributed by atoms with Gasteiger partial charge in [-0.25, -0.2) is 19.9 Å². The zero-order chi connectivity index (χ0) is 25.8. The van der Waals surface area contributed by atoms with E-state index >= 15 is 0 Å². The molecule has 1 saturated heterocycles. The molecule has 4 heterocycles. The number of hydrogen-bond acceptors (Lipinski definition) is 7. The minimum Gasteiger partial charge on any atom is -0.366 e. The number of rotatable bonds is 7. The Labute approximate surface area is 219 Å². The van der Waals surface area contributed by atoms with E-state index in [-0.39, 0.29) is 5.41 Å². The average molecular weight is 496 g/mol. The van der Waals surface area contributed by atoms with Crippen LogP contribution in [0.1, 0.15) is 46.5 Å². The molecule has 1 aliphatic heterocycles. The summed E-state index contributed by atoms with van der Waals surface area (Å²) in [5, 5.41) is 12.7. The maximum atomic E-state index is 5.17. The van der Waals surface area contributed by atoms with Crippen LogP contribution >= 0.6 is 0 Å². The highest BCUT2D eigenvalue weighted by Crippen LogP contribution is 2.34. The molecule has 0 spiro atoms. The van der Waals surface area contributed by atoms with E-state index in [1.54, 1.807) is 12.4 Å². The van der Waals surface area contributed by atoms with Crippen molar-refractivity contribution in [1.29, 1.82) is 0 Å². The van der Waals surface area contributed by atoms with E-state index in [2.05, 4.69) is 59.3 Å². The lowest BCUT2D eigenvalue weighted by molar-refractivity contribution is 0.236. The van der Waals surface area contributed by atoms with Crippen molar-refractivity contribution >= 4 is 29.1 Å². The molecule has 192 valence electrons. The van der Waals surface area contributed by atoms with E-state index < -0.39 is 0 Å². The van der Waals surface area contributed by atoms with Crippen LogP contribution in [0.15, 0.2) is 55.4 Å². The lowest BCUT2D eigenvalue weighted by Gasteiger charge is -2.40. The molecule has 5 rings (SSSR count). The van der Waals surface area contributed by atoms with Crippen LogP contribution in [-0.4, -0.2) is 39.1 Å². The molecule has 0 bridgehead atoms. The van der Waals surface area contributed by atoms with Gasteiger partial charge in [0.15, 0.2) is 5.82 Å². The summed E-state index contributed by atoms with van der Waals surface area (Å²) in [6.07, 6.45) is 12.3. The summed E-state index contributed by atoms with van der Waals surface area (Å²) >= 11 is 0. The Kier molecular flexibility index (Phi) is 7.33. The molecule has 1 aliphatic carbocycles. The monoisotopic (exact) mass is 495 g/mol. The third kappa shape index (κ3) is 5.42. The molecule has 7 nitrogen and oxygen atoms in total. The van der Waals surface area contributed by atoms with E-state index in [1.807, 2.05) is 36.4 Å². The maximum absolute atomic E-state index is 5.17. The van der Waals surface area contributed by atoms with Gasteiger partial charge < -0.3 is 16.0 Å². The topological polar surface area (TPSA) is 87.7 Å². The zero-order valence-electron chi connectivity index (χ0n) is 22.1. The number of aromatic nitrogens is 4. The first-order valence-electron chi connectivity index (χ1n) is 13.3. The Morgan fingerprint density at radius 3 is 2.59 bits per heavy atom. The van der Waals surface area contributed by atoms with Crippen molar-refractivity contribution in [3.63, 3.8) is 0 Å². The van der Waals surface area contributed by atoms with Gasteiger partial charge in [-0.1, -0.05) is 45.1 Å². The number of anilines is 3. The number of piperidine rings is 1. The fraction of sp³-hybridized carbons (Fsp3) is 0.400. The minimum atomic E-state index is 0.0952. The van der Waals surface area contributed by atoms with Gasteiger partial charge in [-0.3, -0.25) is 0 Å². The first-order valence-corrected chi connectivity index (χ1v) is 13.3. The minimum absolute atomic E-state index is 0.0952. The van der Waals surface area contributed by atoms with E-state index in [1.165, 1.54) is 24.8 Å². The molecule has 0 unspecified atom stereocenters. The van der Waals surface area contributed by atoms with Gasteiger partial charge in [0.25, 0.3) is 0 Å². The SMILES string of the molecule is C=C/C(=c1/c(N[C@H]2CCNCC2(C)C)nc(-c2ccnc(Nc3ccccn3)c2)n/c1=C/C)C1CCC1. The molecule has 3 aromatic heterocycles. The summed E-state index contributed by atoms with van der Waals surface area (Å²) in [7, 11) is 0. The molecular weight excluding hydrogens is 458 g/mol. The van der Waals surface area contributed by atoms with Crippen LogP contribution in [0.4, 0.5) is 17.5 Å². The summed E-state index contributed by atoms with van der Waals surface area (Å²) in [4.78, 5) is 19.1. The first-order chi connectivity index (χ1) is 18.0.